The highest BCUT2D eigenvalue weighted by Crippen LogP contribution is 2.51. The number of aryl methyl sites for hydroxylation is 1. The molecule has 7 aliphatic heterocycles. The van der Waals surface area contributed by atoms with Gasteiger partial charge < -0.3 is 122 Å². The van der Waals surface area contributed by atoms with Gasteiger partial charge in [0, 0.05) is 53.2 Å². The summed E-state index contributed by atoms with van der Waals surface area (Å²) in [6.07, 6.45) is -19.3. The summed E-state index contributed by atoms with van der Waals surface area (Å²) < 4.78 is 45.5. The molecule has 2 fully saturated rings. The summed E-state index contributed by atoms with van der Waals surface area (Å²) in [4.78, 5) is 137. The molecule has 15 rings (SSSR count). The number of aliphatic hydroxyl groups is 5. The SMILES string of the molecule is C=CCOC(=O)N(C)[C@H](CC(C)C)C(=O)N[C@H]1C(=O)N[C@@H](CC(N)=O)C(=O)N[C@H]2C(=O)N[C@H]3C(=O)N[C@H](C(=O)N[C@@H](C(=O)O)c4cc(O)cc(O)c4-c4cc3ccc4O)[C@H](O)c3ccc(c(Cl)c3)Oc3cc2cc(c3OC2OC(CN=[N+]=[N-])C(O)C(O)C2OC2CC(C)(NCc3ccc(-c4ccc(-c5ccccc5)cc4)cc3)C(O)C(C)O2)Oc2c(C)cc(cc2Cl)[C@H]1O. The molecule has 0 aliphatic carbocycles. The van der Waals surface area contributed by atoms with E-state index in [0.29, 0.717) is 0 Å². The van der Waals surface area contributed by atoms with Crippen molar-refractivity contribution in [2.24, 2.45) is 16.8 Å². The van der Waals surface area contributed by atoms with Crippen molar-refractivity contribution in [1.29, 1.82) is 0 Å². The van der Waals surface area contributed by atoms with E-state index in [9.17, 15) is 70.7 Å². The number of carboxylic acid groups (broad SMARTS) is 1. The number of phenolic OH excluding ortho intramolecular Hbond substituents is 3. The third-order valence-corrected chi connectivity index (χ3v) is 23.4. The lowest BCUT2D eigenvalue weighted by atomic mass is 9.84. The van der Waals surface area contributed by atoms with Gasteiger partial charge >= 0.3 is 12.1 Å². The molecule has 7 heterocycles. The molecule has 7 aliphatic rings. The van der Waals surface area contributed by atoms with Crippen LogP contribution in [0.2, 0.25) is 10.0 Å². The maximum atomic E-state index is 16.4. The number of ether oxygens (including phenoxy) is 7. The number of nitrogens with two attached hydrogens (primary N) is 1. The second-order valence-electron chi connectivity index (χ2n) is 32.5. The minimum absolute atomic E-state index is 0.0244. The van der Waals surface area contributed by atoms with Crippen LogP contribution in [0, 0.1) is 12.8 Å². The van der Waals surface area contributed by atoms with E-state index in [4.69, 9.17) is 62.1 Å². The molecular weight excluding hydrogens is 1720 g/mol. The van der Waals surface area contributed by atoms with E-state index in [1.54, 1.807) is 27.7 Å². The number of benzene rings is 8. The molecule has 9 unspecified atom stereocenters. The number of fused-ring (bicyclic) bond motifs is 15. The number of carbonyl (C=O) groups is 9. The number of rotatable bonds is 21. The molecule has 129 heavy (non-hydrogen) atoms. The molecule has 18 atom stereocenters. The fourth-order valence-corrected chi connectivity index (χ4v) is 16.6. The number of nitrogens with one attached hydrogen (secondary N) is 7. The van der Waals surface area contributed by atoms with Crippen LogP contribution in [0.5, 0.6) is 46.0 Å². The molecule has 2 saturated heterocycles. The topological polar surface area (TPSA) is 563 Å². The first-order valence-corrected chi connectivity index (χ1v) is 41.6. The monoisotopic (exact) mass is 1810 g/mol. The molecule has 0 aromatic heterocycles. The van der Waals surface area contributed by atoms with Crippen molar-refractivity contribution in [2.45, 2.75) is 170 Å². The van der Waals surface area contributed by atoms with Gasteiger partial charge in [-0.15, -0.1) is 0 Å². The van der Waals surface area contributed by atoms with E-state index >= 15 is 24.0 Å². The third kappa shape index (κ3) is 20.7. The van der Waals surface area contributed by atoms with Gasteiger partial charge in [-0.3, -0.25) is 38.5 Å². The number of carboxylic acids is 1. The van der Waals surface area contributed by atoms with Gasteiger partial charge in [-0.05, 0) is 149 Å². The number of hydrogen-bond donors (Lipinski definition) is 17. The molecule has 37 nitrogen and oxygen atoms in total. The van der Waals surface area contributed by atoms with Crippen LogP contribution in [0.15, 0.2) is 169 Å². The Morgan fingerprint density at radius 1 is 0.713 bits per heavy atom. The molecule has 39 heteroatoms. The molecular formula is C90H94Cl2N12O25. The Morgan fingerprint density at radius 2 is 1.35 bits per heavy atom. The van der Waals surface area contributed by atoms with E-state index in [0.717, 1.165) is 99.4 Å². The first-order chi connectivity index (χ1) is 61.4. The summed E-state index contributed by atoms with van der Waals surface area (Å²) in [5.74, 6) is -17.1. The molecule has 678 valence electrons. The lowest BCUT2D eigenvalue weighted by Crippen LogP contribution is -2.65. The summed E-state index contributed by atoms with van der Waals surface area (Å²) in [5.41, 5.74) is 16.0. The van der Waals surface area contributed by atoms with E-state index in [1.807, 2.05) is 78.9 Å². The van der Waals surface area contributed by atoms with Crippen LogP contribution in [0.25, 0.3) is 43.8 Å². The highest BCUT2D eigenvalue weighted by molar-refractivity contribution is 6.32. The number of amides is 8. The standard InChI is InChI=1S/C90H94Cl2N12O25/c1-8-26-123-89(122)104(7)58(27-40(2)3)82(115)101-72-74(110)51-28-41(4)77(56(92)31-51)126-63-33-50-32-62(78(63)129-88-79(76(112)75(111)64(127-88)39-96-103-94)128-66-37-90(6,80(113)42(5)124-66)95-38-43-14-16-45(17-15-43)47-20-18-46(19-21-47)44-12-10-9-11-13-44)125-61-25-23-49(30-55(61)91)73(109)71-86(119)100-70(87(120)121)54-34-52(105)35-60(107)67(54)53-29-48(22-24-59(53)106)68(83(116)102-71)99-84(117)69(50)98-81(114)57(36-65(93)108)97-85(72)118/h8-25,28-35,40,42,57-58,64,66,68-76,79-80,88,95,105-107,109-113H,1,26-27,36-39H2,2-7H3,(H2,93,108)(H,97,118)(H,98,114)(H,99,117)(H,100,119)(H,101,115)(H,102,116)(H,120,121)/t42?,57-,58+,64?,66?,68+,69+,70+,71-,72+,73+,74+,75?,76?,79?,80?,88?,90?/m0/s1. The molecule has 11 bridgehead atoms. The number of primary amides is 1. The number of phenols is 3. The van der Waals surface area contributed by atoms with Gasteiger partial charge in [0.05, 0.1) is 41.3 Å². The Labute approximate surface area is 747 Å². The molecule has 18 N–H and O–H groups in total. The van der Waals surface area contributed by atoms with Gasteiger partial charge in [-0.1, -0.05) is 146 Å². The minimum Gasteiger partial charge on any atom is -0.508 e. The maximum Gasteiger partial charge on any atom is 0.410 e. The van der Waals surface area contributed by atoms with Gasteiger partial charge in [0.2, 0.25) is 53.4 Å². The van der Waals surface area contributed by atoms with Gasteiger partial charge in [0.15, 0.2) is 29.9 Å². The molecule has 0 radical (unpaired) electrons. The number of azide groups is 1. The number of aliphatic hydroxyl groups excluding tert-OH is 5. The van der Waals surface area contributed by atoms with Crippen LogP contribution >= 0.6 is 23.2 Å². The Kier molecular flexibility index (Phi) is 28.7. The highest BCUT2D eigenvalue weighted by atomic mass is 35.5. The van der Waals surface area contributed by atoms with Crippen molar-refractivity contribution < 1.29 is 122 Å². The zero-order valence-corrected chi connectivity index (χ0v) is 71.5. The Morgan fingerprint density at radius 3 is 1.99 bits per heavy atom. The quantitative estimate of drug-likeness (QED) is 0.0140. The predicted molar refractivity (Wildman–Crippen MR) is 461 cm³/mol. The molecule has 0 spiro atoms. The van der Waals surface area contributed by atoms with Gasteiger partial charge in [-0.2, -0.15) is 0 Å². The molecule has 8 aromatic rings. The van der Waals surface area contributed by atoms with E-state index in [-0.39, 0.29) is 54.4 Å². The number of nitrogens with zero attached hydrogens (tertiary/aromatic N) is 4. The van der Waals surface area contributed by atoms with Crippen molar-refractivity contribution >= 4 is 76.6 Å². The van der Waals surface area contributed by atoms with Crippen LogP contribution < -0.4 is 57.2 Å². The summed E-state index contributed by atoms with van der Waals surface area (Å²) in [5, 5.41) is 128. The van der Waals surface area contributed by atoms with E-state index in [1.165, 1.54) is 26.1 Å². The number of halogens is 2. The van der Waals surface area contributed by atoms with Crippen molar-refractivity contribution in [2.75, 3.05) is 20.2 Å². The first-order valence-electron chi connectivity index (χ1n) is 40.8. The van der Waals surface area contributed by atoms with Crippen LogP contribution in [-0.4, -0.2) is 203 Å². The van der Waals surface area contributed by atoms with Crippen molar-refractivity contribution in [1.82, 2.24) is 42.1 Å². The van der Waals surface area contributed by atoms with Gasteiger partial charge in [0.1, 0.15) is 96.0 Å². The first kappa shape index (κ1) is 93.5. The van der Waals surface area contributed by atoms with Crippen molar-refractivity contribution in [3.63, 3.8) is 0 Å². The summed E-state index contributed by atoms with van der Waals surface area (Å²) in [6.45, 7) is 10.9. The average Bonchev–Trinajstić information content (AvgIpc) is 0.748. The normalized spacial score (nSPS) is 25.3. The zero-order chi connectivity index (χ0) is 92.9. The fraction of sp³-hybridized carbons (Fsp3) is 0.344. The highest BCUT2D eigenvalue weighted by Gasteiger charge is 2.53. The molecule has 8 amide bonds. The predicted octanol–water partition coefficient (Wildman–Crippen LogP) is 7.93. The largest absolute Gasteiger partial charge is 0.508 e. The number of carbonyl (C=O) groups excluding carboxylic acids is 8. The summed E-state index contributed by atoms with van der Waals surface area (Å²) >= 11 is 14.5. The second kappa shape index (κ2) is 39.6. The Balaban J connectivity index is 0.977. The van der Waals surface area contributed by atoms with Crippen LogP contribution in [0.3, 0.4) is 0 Å². The van der Waals surface area contributed by atoms with Gasteiger partial charge in [-0.25, -0.2) is 9.59 Å². The second-order valence-corrected chi connectivity index (χ2v) is 33.3. The third-order valence-electron chi connectivity index (χ3n) is 22.8. The Bertz CT molecular complexity index is 5670. The fourth-order valence-electron chi connectivity index (χ4n) is 16.0. The smallest absolute Gasteiger partial charge is 0.410 e. The lowest BCUT2D eigenvalue weighted by Gasteiger charge is -2.48. The number of hydrogen-bond acceptors (Lipinski definition) is 26. The van der Waals surface area contributed by atoms with Gasteiger partial charge in [0.25, 0.3) is 0 Å². The molecule has 0 saturated carbocycles. The van der Waals surface area contributed by atoms with Crippen LogP contribution in [-0.2, 0) is 63.8 Å². The average molecular weight is 1810 g/mol. The summed E-state index contributed by atoms with van der Waals surface area (Å²) in [6, 6.07) is 22.9. The van der Waals surface area contributed by atoms with Crippen LogP contribution in [0.1, 0.15) is 116 Å². The number of aromatic hydroxyl groups is 3. The Hall–Kier alpha value is -13.1. The van der Waals surface area contributed by atoms with Crippen molar-refractivity contribution in [3.05, 3.63) is 224 Å². The van der Waals surface area contributed by atoms with Crippen molar-refractivity contribution in [3.8, 4) is 79.4 Å². The maximum absolute atomic E-state index is 16.4. The molecule has 8 aromatic carbocycles. The summed E-state index contributed by atoms with van der Waals surface area (Å²) in [7, 11) is 1.23. The zero-order valence-electron chi connectivity index (χ0n) is 70.0. The van der Waals surface area contributed by atoms with Crippen LogP contribution in [0.4, 0.5) is 4.79 Å². The number of likely N-dealkylation sites (N-methyl/N-ethyl adjacent to an activating group) is 1. The number of aliphatic carboxylic acids is 1. The lowest BCUT2D eigenvalue weighted by molar-refractivity contribution is -0.331. The van der Waals surface area contributed by atoms with E-state index < -0.39 is 254 Å². The van der Waals surface area contributed by atoms with E-state index in [2.05, 4.69) is 53.8 Å². The minimum atomic E-state index is -2.44.